The molecular weight excluding hydrogens is 693 g/mol. The smallest absolute Gasteiger partial charge is 0.118 e. The molecule has 0 bridgehead atoms. The summed E-state index contributed by atoms with van der Waals surface area (Å²) in [6, 6.07) is 42.0. The topological polar surface area (TPSA) is 18.5 Å². The third-order valence-electron chi connectivity index (χ3n) is 13.2. The van der Waals surface area contributed by atoms with E-state index >= 15 is 0 Å². The second-order valence-electron chi connectivity index (χ2n) is 16.9. The Labute approximate surface area is 343 Å². The van der Waals surface area contributed by atoms with Crippen molar-refractivity contribution in [2.75, 3.05) is 14.2 Å². The second-order valence-corrected chi connectivity index (χ2v) is 16.9. The average Bonchev–Trinajstić information content (AvgIpc) is 3.53. The largest absolute Gasteiger partial charge is 0.497 e. The molecule has 0 amide bonds. The predicted molar refractivity (Wildman–Crippen MR) is 243 cm³/mol. The van der Waals surface area contributed by atoms with Gasteiger partial charge in [0.15, 0.2) is 0 Å². The van der Waals surface area contributed by atoms with Gasteiger partial charge in [-0.3, -0.25) is 0 Å². The van der Waals surface area contributed by atoms with Crippen LogP contribution in [0.15, 0.2) is 109 Å². The van der Waals surface area contributed by atoms with Crippen LogP contribution >= 0.6 is 0 Å². The SMILES string of the molecule is CCCCC(CC)Cc1cc(-c2ccc3c(c2)C(c2ccc(OC)cc2)(c2ccc(OC)cc2)c2cc(C)ccc2-3)cc2c(CC(CC)CCCC)cc(C)cc12. The number of methoxy groups -OCH3 is 2. The number of hydrogen-bond donors (Lipinski definition) is 0. The number of rotatable bonds is 17. The van der Waals surface area contributed by atoms with Crippen LogP contribution in [-0.2, 0) is 18.3 Å². The van der Waals surface area contributed by atoms with E-state index < -0.39 is 5.41 Å². The van der Waals surface area contributed by atoms with Crippen LogP contribution in [0.2, 0.25) is 0 Å². The zero-order valence-corrected chi connectivity index (χ0v) is 35.9. The third-order valence-corrected chi connectivity index (χ3v) is 13.2. The van der Waals surface area contributed by atoms with Crippen molar-refractivity contribution in [2.24, 2.45) is 11.8 Å². The molecule has 2 unspecified atom stereocenters. The van der Waals surface area contributed by atoms with E-state index in [4.69, 9.17) is 9.47 Å². The van der Waals surface area contributed by atoms with Gasteiger partial charge in [0.2, 0.25) is 0 Å². The first-order valence-electron chi connectivity index (χ1n) is 21.9. The van der Waals surface area contributed by atoms with Gasteiger partial charge in [0.25, 0.3) is 0 Å². The van der Waals surface area contributed by atoms with Gasteiger partial charge in [-0.1, -0.05) is 163 Å². The van der Waals surface area contributed by atoms with Crippen LogP contribution in [0.3, 0.4) is 0 Å². The van der Waals surface area contributed by atoms with E-state index in [0.717, 1.165) is 24.3 Å². The van der Waals surface area contributed by atoms with Crippen LogP contribution < -0.4 is 9.47 Å². The molecule has 7 rings (SSSR count). The van der Waals surface area contributed by atoms with Crippen LogP contribution in [0, 0.1) is 25.7 Å². The van der Waals surface area contributed by atoms with Crippen molar-refractivity contribution < 1.29 is 9.47 Å². The molecule has 6 aromatic rings. The number of unbranched alkanes of at least 4 members (excludes halogenated alkanes) is 2. The summed E-state index contributed by atoms with van der Waals surface area (Å²) in [6.07, 6.45) is 12.4. The lowest BCUT2D eigenvalue weighted by molar-refractivity contribution is 0.414. The number of aryl methyl sites for hydroxylation is 2. The standard InChI is InChI=1S/C55H64O2/c1-9-13-15-39(11-3)32-43-29-38(6)30-51-44(33-40(12-4)16-14-10-2)34-42(35-52(43)51)41-18-28-50-49-27-17-37(5)31-53(49)55(54(50)36-41,45-19-23-47(56-7)24-20-45)46-21-25-48(57-8)26-22-46/h17-31,34-36,39-40H,9-16,32-33H2,1-8H3. The molecule has 2 heteroatoms. The van der Waals surface area contributed by atoms with Crippen LogP contribution in [-0.4, -0.2) is 14.2 Å². The number of ether oxygens (including phenoxy) is 2. The fourth-order valence-electron chi connectivity index (χ4n) is 9.87. The molecule has 296 valence electrons. The van der Waals surface area contributed by atoms with Crippen molar-refractivity contribution in [3.63, 3.8) is 0 Å². The summed E-state index contributed by atoms with van der Waals surface area (Å²) in [5, 5.41) is 2.91. The summed E-state index contributed by atoms with van der Waals surface area (Å²) in [4.78, 5) is 0. The predicted octanol–water partition coefficient (Wildman–Crippen LogP) is 15.0. The van der Waals surface area contributed by atoms with Crippen molar-refractivity contribution in [1.82, 2.24) is 0 Å². The van der Waals surface area contributed by atoms with E-state index in [9.17, 15) is 0 Å². The highest BCUT2D eigenvalue weighted by Crippen LogP contribution is 2.57. The second kappa shape index (κ2) is 17.8. The van der Waals surface area contributed by atoms with Crippen LogP contribution in [0.5, 0.6) is 11.5 Å². The van der Waals surface area contributed by atoms with Crippen LogP contribution in [0.25, 0.3) is 33.0 Å². The van der Waals surface area contributed by atoms with Gasteiger partial charge in [0.05, 0.1) is 19.6 Å². The Bertz CT molecular complexity index is 2250. The minimum Gasteiger partial charge on any atom is -0.497 e. The molecule has 0 fully saturated rings. The van der Waals surface area contributed by atoms with Gasteiger partial charge in [0, 0.05) is 0 Å². The normalized spacial score (nSPS) is 14.0. The average molecular weight is 757 g/mol. The van der Waals surface area contributed by atoms with Gasteiger partial charge in [-0.25, -0.2) is 0 Å². The quantitative estimate of drug-likeness (QED) is 0.0921. The van der Waals surface area contributed by atoms with E-state index in [-0.39, 0.29) is 0 Å². The fraction of sp³-hybridized carbons (Fsp3) is 0.382. The highest BCUT2D eigenvalue weighted by molar-refractivity contribution is 5.95. The molecule has 0 aromatic heterocycles. The number of benzene rings is 6. The van der Waals surface area contributed by atoms with Crippen molar-refractivity contribution in [3.8, 4) is 33.8 Å². The number of hydrogen-bond acceptors (Lipinski definition) is 2. The summed E-state index contributed by atoms with van der Waals surface area (Å²) in [5.74, 6) is 3.10. The zero-order chi connectivity index (χ0) is 40.1. The fourth-order valence-corrected chi connectivity index (χ4v) is 9.87. The van der Waals surface area contributed by atoms with E-state index in [1.807, 2.05) is 0 Å². The van der Waals surface area contributed by atoms with Crippen molar-refractivity contribution >= 4 is 10.8 Å². The molecule has 0 aliphatic heterocycles. The van der Waals surface area contributed by atoms with Crippen LogP contribution in [0.1, 0.15) is 124 Å². The maximum atomic E-state index is 5.69. The first-order chi connectivity index (χ1) is 27.8. The van der Waals surface area contributed by atoms with Gasteiger partial charge >= 0.3 is 0 Å². The highest BCUT2D eigenvalue weighted by Gasteiger charge is 2.46. The molecule has 2 nitrogen and oxygen atoms in total. The molecule has 0 saturated carbocycles. The Balaban J connectivity index is 1.49. The van der Waals surface area contributed by atoms with Gasteiger partial charge in [-0.15, -0.1) is 0 Å². The molecule has 57 heavy (non-hydrogen) atoms. The molecule has 0 N–H and O–H groups in total. The maximum Gasteiger partial charge on any atom is 0.118 e. The molecule has 0 spiro atoms. The molecule has 0 saturated heterocycles. The zero-order valence-electron chi connectivity index (χ0n) is 35.9. The summed E-state index contributed by atoms with van der Waals surface area (Å²) >= 11 is 0. The van der Waals surface area contributed by atoms with Crippen molar-refractivity contribution in [3.05, 3.63) is 154 Å². The van der Waals surface area contributed by atoms with E-state index in [1.54, 1.807) is 14.2 Å². The minimum atomic E-state index is -0.533. The summed E-state index contributed by atoms with van der Waals surface area (Å²) in [6.45, 7) is 13.9. The van der Waals surface area contributed by atoms with Gasteiger partial charge in [-0.2, -0.15) is 0 Å². The number of fused-ring (bicyclic) bond motifs is 4. The Morgan fingerprint density at radius 3 is 1.53 bits per heavy atom. The van der Waals surface area contributed by atoms with Crippen molar-refractivity contribution in [2.45, 2.75) is 111 Å². The third kappa shape index (κ3) is 7.90. The van der Waals surface area contributed by atoms with Gasteiger partial charge in [-0.05, 0) is 141 Å². The van der Waals surface area contributed by atoms with E-state index in [1.165, 1.54) is 129 Å². The summed E-state index contributed by atoms with van der Waals surface area (Å²) < 4.78 is 11.4. The molecule has 1 aliphatic carbocycles. The summed E-state index contributed by atoms with van der Waals surface area (Å²) in [7, 11) is 3.49. The Morgan fingerprint density at radius 2 is 1.00 bits per heavy atom. The molecule has 6 aromatic carbocycles. The molecule has 2 atom stereocenters. The highest BCUT2D eigenvalue weighted by atomic mass is 16.5. The monoisotopic (exact) mass is 756 g/mol. The lowest BCUT2D eigenvalue weighted by Crippen LogP contribution is -2.28. The minimum absolute atomic E-state index is 0.533. The molecule has 0 radical (unpaired) electrons. The first kappa shape index (κ1) is 40.4. The summed E-state index contributed by atoms with van der Waals surface area (Å²) in [5.41, 5.74) is 15.4. The van der Waals surface area contributed by atoms with E-state index in [2.05, 4.69) is 151 Å². The Morgan fingerprint density at radius 1 is 0.491 bits per heavy atom. The lowest BCUT2D eigenvalue weighted by Gasteiger charge is -2.34. The van der Waals surface area contributed by atoms with Crippen LogP contribution in [0.4, 0.5) is 0 Å². The molecular formula is C55H64O2. The van der Waals surface area contributed by atoms with Gasteiger partial charge < -0.3 is 9.47 Å². The first-order valence-corrected chi connectivity index (χ1v) is 21.9. The van der Waals surface area contributed by atoms with Crippen molar-refractivity contribution in [1.29, 1.82) is 0 Å². The lowest BCUT2D eigenvalue weighted by atomic mass is 9.67. The Kier molecular flexibility index (Phi) is 12.6. The maximum absolute atomic E-state index is 5.69. The molecule has 1 aliphatic rings. The Hall–Kier alpha value is -4.82. The van der Waals surface area contributed by atoms with E-state index in [0.29, 0.717) is 11.8 Å². The van der Waals surface area contributed by atoms with Gasteiger partial charge in [0.1, 0.15) is 11.5 Å². The molecule has 0 heterocycles.